The van der Waals surface area contributed by atoms with E-state index in [1.807, 2.05) is 0 Å². The molecule has 0 saturated carbocycles. The van der Waals surface area contributed by atoms with Gasteiger partial charge in [-0.05, 0) is 6.92 Å². The van der Waals surface area contributed by atoms with Crippen molar-refractivity contribution in [3.8, 4) is 0 Å². The third-order valence-corrected chi connectivity index (χ3v) is 1.69. The van der Waals surface area contributed by atoms with Crippen LogP contribution in [-0.2, 0) is 0 Å². The van der Waals surface area contributed by atoms with Crippen molar-refractivity contribution in [1.29, 1.82) is 0 Å². The van der Waals surface area contributed by atoms with Gasteiger partial charge in [0.2, 0.25) is 0 Å². The van der Waals surface area contributed by atoms with E-state index in [1.54, 1.807) is 6.92 Å². The van der Waals surface area contributed by atoms with Crippen LogP contribution in [-0.4, -0.2) is 41.9 Å². The lowest BCUT2D eigenvalue weighted by Gasteiger charge is -2.26. The first-order chi connectivity index (χ1) is 5.90. The molecule has 1 unspecified atom stereocenters. The standard InChI is InChI=1S/C8H14F3NO/c1-3-7(2)12(4-5-13)6-8(9,10)11/h3,7,13H,1,4-6H2,2H3. The summed E-state index contributed by atoms with van der Waals surface area (Å²) in [5.41, 5.74) is 0. The van der Waals surface area contributed by atoms with Gasteiger partial charge in [0, 0.05) is 12.6 Å². The molecule has 0 amide bonds. The van der Waals surface area contributed by atoms with Crippen molar-refractivity contribution in [2.45, 2.75) is 19.1 Å². The number of halogens is 3. The molecular weight excluding hydrogens is 183 g/mol. The molecule has 0 aliphatic rings. The van der Waals surface area contributed by atoms with E-state index in [0.29, 0.717) is 0 Å². The molecule has 0 heterocycles. The summed E-state index contributed by atoms with van der Waals surface area (Å²) in [6.07, 6.45) is -2.81. The van der Waals surface area contributed by atoms with Crippen LogP contribution < -0.4 is 0 Å². The van der Waals surface area contributed by atoms with Gasteiger partial charge in [-0.25, -0.2) is 0 Å². The molecule has 0 aromatic rings. The molecule has 13 heavy (non-hydrogen) atoms. The third kappa shape index (κ3) is 5.65. The van der Waals surface area contributed by atoms with Crippen LogP contribution in [0.1, 0.15) is 6.92 Å². The summed E-state index contributed by atoms with van der Waals surface area (Å²) in [6.45, 7) is 3.72. The molecule has 0 aromatic heterocycles. The second-order valence-corrected chi connectivity index (χ2v) is 2.79. The lowest BCUT2D eigenvalue weighted by atomic mass is 10.2. The zero-order valence-electron chi connectivity index (χ0n) is 7.51. The fraction of sp³-hybridized carbons (Fsp3) is 0.750. The van der Waals surface area contributed by atoms with Gasteiger partial charge in [-0.3, -0.25) is 4.90 Å². The Morgan fingerprint density at radius 1 is 1.54 bits per heavy atom. The average molecular weight is 197 g/mol. The summed E-state index contributed by atoms with van der Waals surface area (Å²) < 4.78 is 35.9. The van der Waals surface area contributed by atoms with Gasteiger partial charge in [0.25, 0.3) is 0 Å². The minimum atomic E-state index is -4.23. The highest BCUT2D eigenvalue weighted by atomic mass is 19.4. The lowest BCUT2D eigenvalue weighted by Crippen LogP contribution is -2.41. The maximum Gasteiger partial charge on any atom is 0.401 e. The molecule has 0 rings (SSSR count). The first kappa shape index (κ1) is 12.4. The Balaban J connectivity index is 4.16. The van der Waals surface area contributed by atoms with Crippen molar-refractivity contribution < 1.29 is 18.3 Å². The Kier molecular flexibility index (Phi) is 5.02. The summed E-state index contributed by atoms with van der Waals surface area (Å²) in [5.74, 6) is 0. The van der Waals surface area contributed by atoms with Gasteiger partial charge in [0.1, 0.15) is 0 Å². The Bertz CT molecular complexity index is 158. The van der Waals surface area contributed by atoms with Crippen LogP contribution in [0.4, 0.5) is 13.2 Å². The number of aliphatic hydroxyl groups excluding tert-OH is 1. The molecule has 1 atom stereocenters. The molecule has 0 aliphatic carbocycles. The largest absolute Gasteiger partial charge is 0.401 e. The Hall–Kier alpha value is -0.550. The van der Waals surface area contributed by atoms with E-state index in [1.165, 1.54) is 6.08 Å². The zero-order chi connectivity index (χ0) is 10.5. The maximum absolute atomic E-state index is 12.0. The molecule has 0 fully saturated rings. The molecule has 0 aromatic carbocycles. The molecular formula is C8H14F3NO. The van der Waals surface area contributed by atoms with Crippen molar-refractivity contribution in [3.63, 3.8) is 0 Å². The van der Waals surface area contributed by atoms with Gasteiger partial charge in [0.15, 0.2) is 0 Å². The summed E-state index contributed by atoms with van der Waals surface area (Å²) in [4.78, 5) is 1.12. The van der Waals surface area contributed by atoms with Crippen LogP contribution in [0.5, 0.6) is 0 Å². The van der Waals surface area contributed by atoms with Crippen LogP contribution in [0.15, 0.2) is 12.7 Å². The van der Waals surface area contributed by atoms with E-state index >= 15 is 0 Å². The SMILES string of the molecule is C=CC(C)N(CCO)CC(F)(F)F. The summed E-state index contributed by atoms with van der Waals surface area (Å²) in [7, 11) is 0. The van der Waals surface area contributed by atoms with E-state index in [-0.39, 0.29) is 19.2 Å². The van der Waals surface area contributed by atoms with Gasteiger partial charge >= 0.3 is 6.18 Å². The van der Waals surface area contributed by atoms with Gasteiger partial charge in [-0.15, -0.1) is 6.58 Å². The van der Waals surface area contributed by atoms with E-state index < -0.39 is 12.7 Å². The Morgan fingerprint density at radius 3 is 2.38 bits per heavy atom. The van der Waals surface area contributed by atoms with E-state index in [4.69, 9.17) is 5.11 Å². The number of nitrogens with zero attached hydrogens (tertiary/aromatic N) is 1. The monoisotopic (exact) mass is 197 g/mol. The molecule has 0 saturated heterocycles. The number of alkyl halides is 3. The molecule has 0 radical (unpaired) electrons. The molecule has 2 nitrogen and oxygen atoms in total. The minimum Gasteiger partial charge on any atom is -0.395 e. The van der Waals surface area contributed by atoms with Crippen molar-refractivity contribution in [1.82, 2.24) is 4.90 Å². The first-order valence-corrected chi connectivity index (χ1v) is 3.95. The van der Waals surface area contributed by atoms with Crippen LogP contribution in [0.3, 0.4) is 0 Å². The number of hydrogen-bond acceptors (Lipinski definition) is 2. The van der Waals surface area contributed by atoms with Gasteiger partial charge in [-0.1, -0.05) is 6.08 Å². The van der Waals surface area contributed by atoms with Crippen LogP contribution in [0, 0.1) is 0 Å². The second-order valence-electron chi connectivity index (χ2n) is 2.79. The predicted molar refractivity (Wildman–Crippen MR) is 44.4 cm³/mol. The highest BCUT2D eigenvalue weighted by Crippen LogP contribution is 2.17. The molecule has 5 heteroatoms. The first-order valence-electron chi connectivity index (χ1n) is 3.95. The van der Waals surface area contributed by atoms with Crippen molar-refractivity contribution in [2.24, 2.45) is 0 Å². The molecule has 78 valence electrons. The smallest absolute Gasteiger partial charge is 0.395 e. The van der Waals surface area contributed by atoms with Crippen molar-refractivity contribution in [3.05, 3.63) is 12.7 Å². The third-order valence-electron chi connectivity index (χ3n) is 1.69. The Morgan fingerprint density at radius 2 is 2.08 bits per heavy atom. The van der Waals surface area contributed by atoms with Crippen molar-refractivity contribution in [2.75, 3.05) is 19.7 Å². The van der Waals surface area contributed by atoms with Gasteiger partial charge in [0.05, 0.1) is 13.2 Å². The van der Waals surface area contributed by atoms with E-state index in [0.717, 1.165) is 4.90 Å². The molecule has 0 bridgehead atoms. The van der Waals surface area contributed by atoms with Gasteiger partial charge < -0.3 is 5.11 Å². The van der Waals surface area contributed by atoms with E-state index in [9.17, 15) is 13.2 Å². The highest BCUT2D eigenvalue weighted by Gasteiger charge is 2.31. The second kappa shape index (κ2) is 5.24. The summed E-state index contributed by atoms with van der Waals surface area (Å²) >= 11 is 0. The quantitative estimate of drug-likeness (QED) is 0.674. The molecule has 1 N–H and O–H groups in total. The highest BCUT2D eigenvalue weighted by molar-refractivity contribution is 4.84. The minimum absolute atomic E-state index is 0.00664. The fourth-order valence-corrected chi connectivity index (χ4v) is 0.934. The van der Waals surface area contributed by atoms with Crippen LogP contribution in [0.2, 0.25) is 0 Å². The summed E-state index contributed by atoms with van der Waals surface area (Å²) in [6, 6.07) is -0.381. The molecule has 0 aliphatic heterocycles. The van der Waals surface area contributed by atoms with Gasteiger partial charge in [-0.2, -0.15) is 13.2 Å². The van der Waals surface area contributed by atoms with Crippen LogP contribution in [0.25, 0.3) is 0 Å². The van der Waals surface area contributed by atoms with Crippen LogP contribution >= 0.6 is 0 Å². The fourth-order valence-electron chi connectivity index (χ4n) is 0.934. The van der Waals surface area contributed by atoms with Crippen molar-refractivity contribution >= 4 is 0 Å². The predicted octanol–water partition coefficient (Wildman–Crippen LogP) is 1.42. The topological polar surface area (TPSA) is 23.5 Å². The Labute approximate surface area is 75.7 Å². The van der Waals surface area contributed by atoms with E-state index in [2.05, 4.69) is 6.58 Å². The average Bonchev–Trinajstić information content (AvgIpc) is 2.00. The number of rotatable bonds is 5. The summed E-state index contributed by atoms with van der Waals surface area (Å²) in [5, 5.41) is 8.53. The lowest BCUT2D eigenvalue weighted by molar-refractivity contribution is -0.149. The zero-order valence-corrected chi connectivity index (χ0v) is 7.51. The molecule has 0 spiro atoms. The number of hydrogen-bond donors (Lipinski definition) is 1. The number of aliphatic hydroxyl groups is 1. The maximum atomic E-state index is 12.0. The normalized spacial score (nSPS) is 14.6.